The number of amidine groups is 1. The summed E-state index contributed by atoms with van der Waals surface area (Å²) in [5, 5.41) is 0. The number of carbonyl (C=O) groups excluding carboxylic acids is 1. The normalized spacial score (nSPS) is 13.3. The summed E-state index contributed by atoms with van der Waals surface area (Å²) in [5.41, 5.74) is 5.89. The van der Waals surface area contributed by atoms with Gasteiger partial charge in [0.15, 0.2) is 5.84 Å². The van der Waals surface area contributed by atoms with Gasteiger partial charge >= 0.3 is 0 Å². The molecule has 1 aliphatic heterocycles. The predicted octanol–water partition coefficient (Wildman–Crippen LogP) is 0.750. The molecule has 1 amide bonds. The molecule has 1 aromatic rings. The number of aliphatic imine (C=N–C) groups is 1. The molecule has 0 saturated heterocycles. The van der Waals surface area contributed by atoms with Crippen molar-refractivity contribution in [2.45, 2.75) is 6.92 Å². The Bertz CT molecular complexity index is 415. The molecule has 1 heterocycles. The largest absolute Gasteiger partial charge is 0.483 e. The molecule has 2 N–H and O–H groups in total. The molecule has 78 valence electrons. The maximum atomic E-state index is 10.7. The van der Waals surface area contributed by atoms with Gasteiger partial charge in [-0.2, -0.15) is 0 Å². The van der Waals surface area contributed by atoms with E-state index in [2.05, 4.69) is 15.8 Å². The van der Waals surface area contributed by atoms with Crippen LogP contribution >= 0.6 is 0 Å². The molecule has 0 unspecified atom stereocenters. The highest BCUT2D eigenvalue weighted by Crippen LogP contribution is 2.29. The van der Waals surface area contributed by atoms with E-state index in [1.807, 2.05) is 24.3 Å². The van der Waals surface area contributed by atoms with E-state index < -0.39 is 0 Å². The lowest BCUT2D eigenvalue weighted by molar-refractivity contribution is -0.119. The highest BCUT2D eigenvalue weighted by Gasteiger charge is 2.11. The lowest BCUT2D eigenvalue weighted by Gasteiger charge is -2.17. The molecule has 0 aromatic heterocycles. The maximum absolute atomic E-state index is 10.7. The Hall–Kier alpha value is -2.04. The van der Waals surface area contributed by atoms with E-state index in [4.69, 9.17) is 4.74 Å². The summed E-state index contributed by atoms with van der Waals surface area (Å²) in [6.45, 7) is 1.75. The zero-order valence-corrected chi connectivity index (χ0v) is 8.28. The van der Waals surface area contributed by atoms with E-state index >= 15 is 0 Å². The molecule has 0 bridgehead atoms. The second-order valence-corrected chi connectivity index (χ2v) is 3.12. The Morgan fingerprint density at radius 2 is 2.27 bits per heavy atom. The first-order valence-corrected chi connectivity index (χ1v) is 4.58. The van der Waals surface area contributed by atoms with Crippen LogP contribution in [0.25, 0.3) is 0 Å². The number of benzene rings is 1. The minimum absolute atomic E-state index is 0.170. The number of carbonyl (C=O) groups is 1. The molecule has 2 rings (SSSR count). The van der Waals surface area contributed by atoms with E-state index in [0.717, 1.165) is 11.4 Å². The summed E-state index contributed by atoms with van der Waals surface area (Å²) >= 11 is 0. The average Bonchev–Trinajstić information content (AvgIpc) is 2.26. The third-order valence-corrected chi connectivity index (χ3v) is 1.87. The second kappa shape index (κ2) is 4.00. The number of nitrogens with one attached hydrogen (secondary N) is 2. The number of fused-ring (bicyclic) bond motifs is 1. The summed E-state index contributed by atoms with van der Waals surface area (Å²) in [7, 11) is 0. The molecule has 1 aromatic carbocycles. The molecule has 0 saturated carbocycles. The van der Waals surface area contributed by atoms with Crippen LogP contribution in [0.2, 0.25) is 0 Å². The fourth-order valence-corrected chi connectivity index (χ4v) is 1.22. The summed E-state index contributed by atoms with van der Waals surface area (Å²) in [5.74, 6) is 1.17. The van der Waals surface area contributed by atoms with E-state index in [1.165, 1.54) is 6.92 Å². The highest BCUT2D eigenvalue weighted by molar-refractivity contribution is 5.90. The minimum atomic E-state index is -0.170. The van der Waals surface area contributed by atoms with E-state index in [1.54, 1.807) is 0 Å². The Morgan fingerprint density at radius 1 is 1.47 bits per heavy atom. The van der Waals surface area contributed by atoms with Crippen molar-refractivity contribution in [1.82, 2.24) is 10.9 Å². The number of nitrogens with zero attached hydrogens (tertiary/aromatic N) is 1. The first-order valence-electron chi connectivity index (χ1n) is 4.58. The smallest absolute Gasteiger partial charge is 0.235 e. The van der Waals surface area contributed by atoms with Crippen molar-refractivity contribution in [1.29, 1.82) is 0 Å². The van der Waals surface area contributed by atoms with Gasteiger partial charge in [-0.15, -0.1) is 0 Å². The molecular weight excluding hydrogens is 194 g/mol. The zero-order valence-electron chi connectivity index (χ0n) is 8.28. The fourth-order valence-electron chi connectivity index (χ4n) is 1.22. The van der Waals surface area contributed by atoms with Crippen molar-refractivity contribution >= 4 is 17.4 Å². The zero-order chi connectivity index (χ0) is 10.7. The Kier molecular flexibility index (Phi) is 2.53. The molecule has 0 spiro atoms. The first-order chi connectivity index (χ1) is 7.25. The number of hydrogen-bond acceptors (Lipinski definition) is 4. The van der Waals surface area contributed by atoms with Crippen molar-refractivity contribution < 1.29 is 9.53 Å². The maximum Gasteiger partial charge on any atom is 0.235 e. The van der Waals surface area contributed by atoms with Gasteiger partial charge in [0.2, 0.25) is 5.91 Å². The Morgan fingerprint density at radius 3 is 3.07 bits per heavy atom. The van der Waals surface area contributed by atoms with Gasteiger partial charge in [-0.1, -0.05) is 12.1 Å². The van der Waals surface area contributed by atoms with Crippen LogP contribution in [-0.2, 0) is 4.79 Å². The summed E-state index contributed by atoms with van der Waals surface area (Å²) in [4.78, 5) is 14.9. The predicted molar refractivity (Wildman–Crippen MR) is 56.0 cm³/mol. The van der Waals surface area contributed by atoms with Gasteiger partial charge in [0, 0.05) is 6.92 Å². The molecule has 0 fully saturated rings. The van der Waals surface area contributed by atoms with E-state index in [-0.39, 0.29) is 5.91 Å². The third kappa shape index (κ3) is 2.25. The van der Waals surface area contributed by atoms with Crippen molar-refractivity contribution in [3.8, 4) is 5.75 Å². The van der Waals surface area contributed by atoms with Gasteiger partial charge in [-0.25, -0.2) is 4.99 Å². The van der Waals surface area contributed by atoms with Crippen LogP contribution in [0.5, 0.6) is 5.75 Å². The fraction of sp³-hybridized carbons (Fsp3) is 0.200. The van der Waals surface area contributed by atoms with Crippen LogP contribution in [0.3, 0.4) is 0 Å². The standard InChI is InChI=1S/C10H11N3O2/c1-7(14)12-13-10-6-15-9-5-3-2-4-8(9)11-10/h2-5H,6H2,1H3,(H,11,13)(H,12,14). The molecule has 1 aliphatic rings. The molecule has 5 heteroatoms. The summed E-state index contributed by atoms with van der Waals surface area (Å²) in [6.07, 6.45) is 0. The van der Waals surface area contributed by atoms with Crippen LogP contribution in [0, 0.1) is 0 Å². The highest BCUT2D eigenvalue weighted by atomic mass is 16.5. The van der Waals surface area contributed by atoms with E-state index in [9.17, 15) is 4.79 Å². The topological polar surface area (TPSA) is 62.7 Å². The van der Waals surface area contributed by atoms with Gasteiger partial charge in [-0.05, 0) is 12.1 Å². The van der Waals surface area contributed by atoms with Crippen LogP contribution in [0.1, 0.15) is 6.92 Å². The Balaban J connectivity index is 2.11. The van der Waals surface area contributed by atoms with Gasteiger partial charge in [-0.3, -0.25) is 15.6 Å². The van der Waals surface area contributed by atoms with Gasteiger partial charge in [0.05, 0.1) is 0 Å². The lowest BCUT2D eigenvalue weighted by Crippen LogP contribution is -2.43. The second-order valence-electron chi connectivity index (χ2n) is 3.12. The Labute approximate surface area is 87.1 Å². The van der Waals surface area contributed by atoms with Crippen molar-refractivity contribution in [3.05, 3.63) is 24.3 Å². The monoisotopic (exact) mass is 205 g/mol. The summed E-state index contributed by atoms with van der Waals surface area (Å²) in [6, 6.07) is 7.48. The van der Waals surface area contributed by atoms with Crippen LogP contribution in [0.4, 0.5) is 5.69 Å². The quantitative estimate of drug-likeness (QED) is 0.614. The number of rotatable bonds is 0. The molecule has 5 nitrogen and oxygen atoms in total. The van der Waals surface area contributed by atoms with Gasteiger partial charge in [0.1, 0.15) is 18.0 Å². The third-order valence-electron chi connectivity index (χ3n) is 1.87. The number of ether oxygens (including phenoxy) is 1. The van der Waals surface area contributed by atoms with Crippen molar-refractivity contribution in [2.75, 3.05) is 6.61 Å². The van der Waals surface area contributed by atoms with Crippen LogP contribution in [0.15, 0.2) is 29.3 Å². The first kappa shape index (κ1) is 9.51. The molecule has 0 aliphatic carbocycles. The SMILES string of the molecule is CC(=O)NNC1=Nc2ccccc2OC1. The van der Waals surface area contributed by atoms with Crippen molar-refractivity contribution in [2.24, 2.45) is 4.99 Å². The van der Waals surface area contributed by atoms with E-state index in [0.29, 0.717) is 12.4 Å². The molecular formula is C10H11N3O2. The minimum Gasteiger partial charge on any atom is -0.483 e. The lowest BCUT2D eigenvalue weighted by atomic mass is 10.3. The number of hydrogen-bond donors (Lipinski definition) is 2. The molecule has 0 atom stereocenters. The number of amides is 1. The molecule has 0 radical (unpaired) electrons. The van der Waals surface area contributed by atoms with Crippen LogP contribution < -0.4 is 15.6 Å². The summed E-state index contributed by atoms with van der Waals surface area (Å²) < 4.78 is 5.42. The average molecular weight is 205 g/mol. The molecule has 15 heavy (non-hydrogen) atoms. The van der Waals surface area contributed by atoms with Gasteiger partial charge < -0.3 is 4.74 Å². The van der Waals surface area contributed by atoms with Gasteiger partial charge in [0.25, 0.3) is 0 Å². The van der Waals surface area contributed by atoms with Crippen LogP contribution in [-0.4, -0.2) is 18.3 Å². The van der Waals surface area contributed by atoms with Crippen molar-refractivity contribution in [3.63, 3.8) is 0 Å². The number of para-hydroxylation sites is 2. The number of hydrazine groups is 1.